The smallest absolute Gasteiger partial charge is 0.130 e. The Bertz CT molecular complexity index is 527. The Hall–Kier alpha value is -2.07. The van der Waals surface area contributed by atoms with Gasteiger partial charge in [0.25, 0.3) is 0 Å². The van der Waals surface area contributed by atoms with Crippen LogP contribution in [0.25, 0.3) is 0 Å². The number of methoxy groups -OCH3 is 1. The van der Waals surface area contributed by atoms with E-state index >= 15 is 0 Å². The zero-order valence-corrected chi connectivity index (χ0v) is 11.2. The largest absolute Gasteiger partial charge is 0.497 e. The van der Waals surface area contributed by atoms with Crippen molar-refractivity contribution in [2.45, 2.75) is 19.6 Å². The molecule has 0 amide bonds. The number of hydrogen-bond donors (Lipinski definition) is 1. The van der Waals surface area contributed by atoms with E-state index in [1.807, 2.05) is 43.3 Å². The third kappa shape index (κ3) is 3.45. The summed E-state index contributed by atoms with van der Waals surface area (Å²) in [7, 11) is 1.63. The van der Waals surface area contributed by atoms with Gasteiger partial charge in [-0.15, -0.1) is 0 Å². The monoisotopic (exact) mass is 258 g/mol. The SMILES string of the molecule is COc1ccc([C@H](C)N)c(OCc2ccccn2)c1. The molecule has 1 atom stereocenters. The lowest BCUT2D eigenvalue weighted by molar-refractivity contribution is 0.294. The highest BCUT2D eigenvalue weighted by Crippen LogP contribution is 2.29. The van der Waals surface area contributed by atoms with Gasteiger partial charge in [0.05, 0.1) is 12.8 Å². The first-order chi connectivity index (χ1) is 9.20. The van der Waals surface area contributed by atoms with Gasteiger partial charge < -0.3 is 15.2 Å². The molecule has 0 bridgehead atoms. The minimum absolute atomic E-state index is 0.0929. The van der Waals surface area contributed by atoms with Gasteiger partial charge in [-0.1, -0.05) is 12.1 Å². The lowest BCUT2D eigenvalue weighted by Crippen LogP contribution is -2.08. The van der Waals surface area contributed by atoms with Gasteiger partial charge in [-0.2, -0.15) is 0 Å². The molecule has 0 radical (unpaired) electrons. The molecule has 0 aliphatic rings. The van der Waals surface area contributed by atoms with Gasteiger partial charge in [-0.05, 0) is 25.1 Å². The predicted octanol–water partition coefficient (Wildman–Crippen LogP) is 2.69. The molecule has 0 aliphatic heterocycles. The first kappa shape index (κ1) is 13.4. The van der Waals surface area contributed by atoms with E-state index in [4.69, 9.17) is 15.2 Å². The van der Waals surface area contributed by atoms with Crippen LogP contribution in [0.1, 0.15) is 24.2 Å². The van der Waals surface area contributed by atoms with Crippen LogP contribution in [0.15, 0.2) is 42.6 Å². The van der Waals surface area contributed by atoms with E-state index in [2.05, 4.69) is 4.98 Å². The second-order valence-corrected chi connectivity index (χ2v) is 4.30. The molecule has 0 spiro atoms. The maximum absolute atomic E-state index is 5.94. The number of ether oxygens (including phenoxy) is 2. The summed E-state index contributed by atoms with van der Waals surface area (Å²) in [5, 5.41) is 0. The normalized spacial score (nSPS) is 11.9. The maximum Gasteiger partial charge on any atom is 0.130 e. The highest BCUT2D eigenvalue weighted by Gasteiger charge is 2.10. The van der Waals surface area contributed by atoms with Crippen LogP contribution in [0.5, 0.6) is 11.5 Å². The van der Waals surface area contributed by atoms with Crippen molar-refractivity contribution in [2.24, 2.45) is 5.73 Å². The first-order valence-corrected chi connectivity index (χ1v) is 6.17. The summed E-state index contributed by atoms with van der Waals surface area (Å²) < 4.78 is 11.0. The Labute approximate surface area is 113 Å². The third-order valence-corrected chi connectivity index (χ3v) is 2.81. The van der Waals surface area contributed by atoms with Crippen LogP contribution in [0.3, 0.4) is 0 Å². The molecule has 2 rings (SSSR count). The van der Waals surface area contributed by atoms with Crippen LogP contribution in [0, 0.1) is 0 Å². The van der Waals surface area contributed by atoms with Gasteiger partial charge in [0.15, 0.2) is 0 Å². The Balaban J connectivity index is 2.18. The summed E-state index contributed by atoms with van der Waals surface area (Å²) in [5.41, 5.74) is 7.77. The number of pyridine rings is 1. The molecular formula is C15H18N2O2. The molecule has 4 nitrogen and oxygen atoms in total. The van der Waals surface area contributed by atoms with Gasteiger partial charge in [0.2, 0.25) is 0 Å². The van der Waals surface area contributed by atoms with Crippen LogP contribution in [-0.4, -0.2) is 12.1 Å². The van der Waals surface area contributed by atoms with E-state index in [1.54, 1.807) is 13.3 Å². The molecule has 2 aromatic rings. The average Bonchev–Trinajstić information content (AvgIpc) is 2.45. The number of benzene rings is 1. The van der Waals surface area contributed by atoms with E-state index in [0.717, 1.165) is 22.8 Å². The fourth-order valence-corrected chi connectivity index (χ4v) is 1.78. The van der Waals surface area contributed by atoms with E-state index in [1.165, 1.54) is 0 Å². The van der Waals surface area contributed by atoms with Gasteiger partial charge in [0, 0.05) is 23.9 Å². The maximum atomic E-state index is 5.94. The Morgan fingerprint density at radius 1 is 1.26 bits per heavy atom. The highest BCUT2D eigenvalue weighted by molar-refractivity contribution is 5.42. The van der Waals surface area contributed by atoms with Crippen molar-refractivity contribution in [3.05, 3.63) is 53.9 Å². The van der Waals surface area contributed by atoms with Gasteiger partial charge in [-0.3, -0.25) is 4.98 Å². The van der Waals surface area contributed by atoms with E-state index in [-0.39, 0.29) is 6.04 Å². The lowest BCUT2D eigenvalue weighted by atomic mass is 10.1. The fraction of sp³-hybridized carbons (Fsp3) is 0.267. The van der Waals surface area contributed by atoms with E-state index < -0.39 is 0 Å². The molecule has 1 aromatic heterocycles. The Morgan fingerprint density at radius 2 is 2.11 bits per heavy atom. The molecule has 100 valence electrons. The van der Waals surface area contributed by atoms with Crippen molar-refractivity contribution in [1.29, 1.82) is 0 Å². The summed E-state index contributed by atoms with van der Waals surface area (Å²) in [6.07, 6.45) is 1.75. The molecule has 2 N–H and O–H groups in total. The van der Waals surface area contributed by atoms with Crippen LogP contribution >= 0.6 is 0 Å². The van der Waals surface area contributed by atoms with Crippen LogP contribution in [0.2, 0.25) is 0 Å². The second kappa shape index (κ2) is 6.20. The van der Waals surface area contributed by atoms with E-state index in [0.29, 0.717) is 6.61 Å². The molecule has 1 aromatic carbocycles. The topological polar surface area (TPSA) is 57.4 Å². The highest BCUT2D eigenvalue weighted by atomic mass is 16.5. The Kier molecular flexibility index (Phi) is 4.36. The van der Waals surface area contributed by atoms with Crippen molar-refractivity contribution in [3.63, 3.8) is 0 Å². The number of rotatable bonds is 5. The lowest BCUT2D eigenvalue weighted by Gasteiger charge is -2.15. The van der Waals surface area contributed by atoms with Gasteiger partial charge >= 0.3 is 0 Å². The predicted molar refractivity (Wildman–Crippen MR) is 74.2 cm³/mol. The van der Waals surface area contributed by atoms with Crippen LogP contribution < -0.4 is 15.2 Å². The second-order valence-electron chi connectivity index (χ2n) is 4.30. The Morgan fingerprint density at radius 3 is 2.74 bits per heavy atom. The minimum atomic E-state index is -0.0929. The van der Waals surface area contributed by atoms with E-state index in [9.17, 15) is 0 Å². The number of nitrogens with two attached hydrogens (primary N) is 1. The average molecular weight is 258 g/mol. The van der Waals surface area contributed by atoms with Gasteiger partial charge in [0.1, 0.15) is 18.1 Å². The summed E-state index contributed by atoms with van der Waals surface area (Å²) in [6.45, 7) is 2.34. The zero-order chi connectivity index (χ0) is 13.7. The summed E-state index contributed by atoms with van der Waals surface area (Å²) in [5.74, 6) is 1.49. The number of aromatic nitrogens is 1. The molecule has 19 heavy (non-hydrogen) atoms. The quantitative estimate of drug-likeness (QED) is 0.895. The van der Waals surface area contributed by atoms with Crippen molar-refractivity contribution < 1.29 is 9.47 Å². The molecule has 1 heterocycles. The molecule has 4 heteroatoms. The molecule has 0 saturated heterocycles. The first-order valence-electron chi connectivity index (χ1n) is 6.17. The van der Waals surface area contributed by atoms with Crippen molar-refractivity contribution in [2.75, 3.05) is 7.11 Å². The van der Waals surface area contributed by atoms with Crippen molar-refractivity contribution >= 4 is 0 Å². The van der Waals surface area contributed by atoms with Crippen molar-refractivity contribution in [3.8, 4) is 11.5 Å². The van der Waals surface area contributed by atoms with Crippen molar-refractivity contribution in [1.82, 2.24) is 4.98 Å². The minimum Gasteiger partial charge on any atom is -0.497 e. The molecule has 0 aliphatic carbocycles. The third-order valence-electron chi connectivity index (χ3n) is 2.81. The van der Waals surface area contributed by atoms with Crippen LogP contribution in [-0.2, 0) is 6.61 Å². The fourth-order valence-electron chi connectivity index (χ4n) is 1.78. The van der Waals surface area contributed by atoms with Gasteiger partial charge in [-0.25, -0.2) is 0 Å². The summed E-state index contributed by atoms with van der Waals surface area (Å²) in [6, 6.07) is 11.3. The number of nitrogens with zero attached hydrogens (tertiary/aromatic N) is 1. The zero-order valence-electron chi connectivity index (χ0n) is 11.2. The molecule has 0 unspecified atom stereocenters. The number of hydrogen-bond acceptors (Lipinski definition) is 4. The molecule has 0 fully saturated rings. The van der Waals surface area contributed by atoms with Crippen LogP contribution in [0.4, 0.5) is 0 Å². The molecular weight excluding hydrogens is 240 g/mol. The summed E-state index contributed by atoms with van der Waals surface area (Å²) >= 11 is 0. The standard InChI is InChI=1S/C15H18N2O2/c1-11(16)14-7-6-13(18-2)9-15(14)19-10-12-5-3-4-8-17-12/h3-9,11H,10,16H2,1-2H3/t11-/m0/s1. The molecule has 0 saturated carbocycles. The summed E-state index contributed by atoms with van der Waals surface area (Å²) in [4.78, 5) is 4.22.